The summed E-state index contributed by atoms with van der Waals surface area (Å²) in [5.74, 6) is 0.721. The Balaban J connectivity index is 0.972. The second-order valence-electron chi connectivity index (χ2n) is 10.4. The summed E-state index contributed by atoms with van der Waals surface area (Å²) in [6, 6.07) is 11.7. The predicted molar refractivity (Wildman–Crippen MR) is 135 cm³/mol. The van der Waals surface area contributed by atoms with E-state index in [0.717, 1.165) is 76.1 Å². The molecule has 0 radical (unpaired) electrons. The van der Waals surface area contributed by atoms with Gasteiger partial charge < -0.3 is 19.4 Å². The molecule has 188 valence electrons. The SMILES string of the molecule is O=C(NCC1CC12CCN(C(=O)c1ccc(CN3CCOCC3)cc1)CC2)c1cc2ccncc2o1. The first-order valence-electron chi connectivity index (χ1n) is 12.9. The summed E-state index contributed by atoms with van der Waals surface area (Å²) in [4.78, 5) is 34.0. The molecule has 3 fully saturated rings. The van der Waals surface area contributed by atoms with E-state index in [4.69, 9.17) is 9.15 Å². The van der Waals surface area contributed by atoms with E-state index in [0.29, 0.717) is 23.8 Å². The highest BCUT2D eigenvalue weighted by Gasteiger charge is 2.54. The van der Waals surface area contributed by atoms with Gasteiger partial charge in [0, 0.05) is 56.4 Å². The van der Waals surface area contributed by atoms with Gasteiger partial charge >= 0.3 is 0 Å². The van der Waals surface area contributed by atoms with Crippen LogP contribution in [-0.4, -0.2) is 72.5 Å². The van der Waals surface area contributed by atoms with Crippen molar-refractivity contribution >= 4 is 22.8 Å². The molecule has 8 nitrogen and oxygen atoms in total. The Hall–Kier alpha value is -3.23. The molecule has 2 amide bonds. The number of nitrogens with one attached hydrogen (secondary N) is 1. The van der Waals surface area contributed by atoms with Crippen LogP contribution in [0.4, 0.5) is 0 Å². The van der Waals surface area contributed by atoms with Gasteiger partial charge in [0.1, 0.15) is 0 Å². The van der Waals surface area contributed by atoms with Crippen molar-refractivity contribution in [1.82, 2.24) is 20.1 Å². The van der Waals surface area contributed by atoms with E-state index >= 15 is 0 Å². The Morgan fingerprint density at radius 2 is 1.83 bits per heavy atom. The van der Waals surface area contributed by atoms with Gasteiger partial charge in [-0.25, -0.2) is 0 Å². The van der Waals surface area contributed by atoms with Crippen molar-refractivity contribution in [2.45, 2.75) is 25.8 Å². The minimum absolute atomic E-state index is 0.118. The summed E-state index contributed by atoms with van der Waals surface area (Å²) in [5.41, 5.74) is 2.86. The summed E-state index contributed by atoms with van der Waals surface area (Å²) >= 11 is 0. The number of pyridine rings is 1. The van der Waals surface area contributed by atoms with Crippen LogP contribution < -0.4 is 5.32 Å². The minimum Gasteiger partial charge on any atom is -0.449 e. The lowest BCUT2D eigenvalue weighted by molar-refractivity contribution is 0.0342. The lowest BCUT2D eigenvalue weighted by atomic mass is 9.90. The molecule has 1 spiro atoms. The van der Waals surface area contributed by atoms with E-state index in [2.05, 4.69) is 27.3 Å². The third-order valence-corrected chi connectivity index (χ3v) is 8.17. The predicted octanol–water partition coefficient (Wildman–Crippen LogP) is 3.33. The Bertz CT molecular complexity index is 1210. The van der Waals surface area contributed by atoms with Crippen LogP contribution in [0.5, 0.6) is 0 Å². The van der Waals surface area contributed by atoms with Crippen molar-refractivity contribution in [3.8, 4) is 0 Å². The maximum absolute atomic E-state index is 13.1. The van der Waals surface area contributed by atoms with Crippen LogP contribution in [0.15, 0.2) is 53.2 Å². The zero-order valence-corrected chi connectivity index (χ0v) is 20.4. The molecule has 1 N–H and O–H groups in total. The zero-order valence-electron chi connectivity index (χ0n) is 20.4. The first-order chi connectivity index (χ1) is 17.6. The molecule has 2 aromatic heterocycles. The van der Waals surface area contributed by atoms with Gasteiger partial charge in [-0.05, 0) is 60.4 Å². The van der Waals surface area contributed by atoms with Crippen LogP contribution in [-0.2, 0) is 11.3 Å². The quantitative estimate of drug-likeness (QED) is 0.573. The minimum atomic E-state index is -0.182. The number of likely N-dealkylation sites (tertiary alicyclic amines) is 1. The number of hydrogen-bond acceptors (Lipinski definition) is 6. The third-order valence-electron chi connectivity index (χ3n) is 8.17. The van der Waals surface area contributed by atoms with Crippen molar-refractivity contribution in [2.24, 2.45) is 11.3 Å². The summed E-state index contributed by atoms with van der Waals surface area (Å²) in [6.45, 7) is 6.59. The molecule has 1 aromatic carbocycles. The molecule has 0 bridgehead atoms. The van der Waals surface area contributed by atoms with Crippen LogP contribution in [0.3, 0.4) is 0 Å². The number of carbonyl (C=O) groups is 2. The first kappa shape index (κ1) is 23.2. The summed E-state index contributed by atoms with van der Waals surface area (Å²) in [5, 5.41) is 3.92. The number of aromatic nitrogens is 1. The fourth-order valence-corrected chi connectivity index (χ4v) is 5.74. The highest BCUT2D eigenvalue weighted by atomic mass is 16.5. The van der Waals surface area contributed by atoms with E-state index in [-0.39, 0.29) is 17.2 Å². The molecule has 1 saturated carbocycles. The lowest BCUT2D eigenvalue weighted by Gasteiger charge is -2.33. The van der Waals surface area contributed by atoms with Gasteiger partial charge in [0.25, 0.3) is 11.8 Å². The number of carbonyl (C=O) groups excluding carboxylic acids is 2. The Morgan fingerprint density at radius 1 is 1.06 bits per heavy atom. The average Bonchev–Trinajstić information content (AvgIpc) is 3.39. The van der Waals surface area contributed by atoms with E-state index in [1.807, 2.05) is 23.1 Å². The maximum atomic E-state index is 13.1. The van der Waals surface area contributed by atoms with Crippen LogP contribution in [0.25, 0.3) is 11.0 Å². The van der Waals surface area contributed by atoms with Crippen LogP contribution in [0.2, 0.25) is 0 Å². The summed E-state index contributed by atoms with van der Waals surface area (Å²) in [7, 11) is 0. The second kappa shape index (κ2) is 9.67. The maximum Gasteiger partial charge on any atom is 0.287 e. The Labute approximate surface area is 210 Å². The number of morpholine rings is 1. The standard InChI is InChI=1S/C28H32N4O4/c33-26(24-15-22-5-8-29-18-25(22)36-24)30-17-23-16-28(23)6-9-32(10-7-28)27(34)21-3-1-20(2-4-21)19-31-11-13-35-14-12-31/h1-5,8,15,18,23H,6-7,9-14,16-17,19H2,(H,30,33). The molecule has 1 aliphatic carbocycles. The number of ether oxygens (including phenoxy) is 1. The summed E-state index contributed by atoms with van der Waals surface area (Å²) < 4.78 is 11.0. The van der Waals surface area contributed by atoms with Crippen molar-refractivity contribution in [3.05, 3.63) is 65.7 Å². The summed E-state index contributed by atoms with van der Waals surface area (Å²) in [6.07, 6.45) is 6.40. The van der Waals surface area contributed by atoms with Crippen molar-refractivity contribution in [3.63, 3.8) is 0 Å². The highest BCUT2D eigenvalue weighted by molar-refractivity contribution is 5.96. The molecular formula is C28H32N4O4. The van der Waals surface area contributed by atoms with Crippen LogP contribution >= 0.6 is 0 Å². The number of hydrogen-bond donors (Lipinski definition) is 1. The molecule has 3 aliphatic rings. The number of benzene rings is 1. The fourth-order valence-electron chi connectivity index (χ4n) is 5.74. The van der Waals surface area contributed by atoms with Crippen LogP contribution in [0.1, 0.15) is 45.7 Å². The molecule has 2 aliphatic heterocycles. The van der Waals surface area contributed by atoms with Gasteiger partial charge in [-0.15, -0.1) is 0 Å². The third kappa shape index (κ3) is 4.75. The average molecular weight is 489 g/mol. The highest BCUT2D eigenvalue weighted by Crippen LogP contribution is 2.59. The van der Waals surface area contributed by atoms with Gasteiger partial charge in [-0.3, -0.25) is 19.5 Å². The number of nitrogens with zero attached hydrogens (tertiary/aromatic N) is 3. The second-order valence-corrected chi connectivity index (χ2v) is 10.4. The Morgan fingerprint density at radius 3 is 2.58 bits per heavy atom. The zero-order chi connectivity index (χ0) is 24.5. The van der Waals surface area contributed by atoms with Crippen molar-refractivity contribution < 1.29 is 18.7 Å². The van der Waals surface area contributed by atoms with E-state index in [1.54, 1.807) is 18.5 Å². The van der Waals surface area contributed by atoms with E-state index in [1.165, 1.54) is 5.56 Å². The molecule has 1 atom stereocenters. The van der Waals surface area contributed by atoms with Gasteiger partial charge in [-0.2, -0.15) is 0 Å². The molecule has 36 heavy (non-hydrogen) atoms. The monoisotopic (exact) mass is 488 g/mol. The largest absolute Gasteiger partial charge is 0.449 e. The molecule has 4 heterocycles. The molecule has 2 saturated heterocycles. The van der Waals surface area contributed by atoms with Crippen LogP contribution in [0, 0.1) is 11.3 Å². The molecule has 3 aromatic rings. The topological polar surface area (TPSA) is 87.9 Å². The van der Waals surface area contributed by atoms with E-state index in [9.17, 15) is 9.59 Å². The first-order valence-corrected chi connectivity index (χ1v) is 12.9. The molecular weight excluding hydrogens is 456 g/mol. The number of piperidine rings is 1. The van der Waals surface area contributed by atoms with Crippen molar-refractivity contribution in [2.75, 3.05) is 45.9 Å². The lowest BCUT2D eigenvalue weighted by Crippen LogP contribution is -2.40. The number of amides is 2. The number of rotatable bonds is 6. The number of fused-ring (bicyclic) bond motifs is 1. The van der Waals surface area contributed by atoms with Gasteiger partial charge in [0.05, 0.1) is 19.4 Å². The van der Waals surface area contributed by atoms with Gasteiger partial charge in [0.15, 0.2) is 11.3 Å². The smallest absolute Gasteiger partial charge is 0.287 e. The van der Waals surface area contributed by atoms with Gasteiger partial charge in [-0.1, -0.05) is 12.1 Å². The van der Waals surface area contributed by atoms with E-state index < -0.39 is 0 Å². The molecule has 6 rings (SSSR count). The van der Waals surface area contributed by atoms with Gasteiger partial charge in [0.2, 0.25) is 0 Å². The molecule has 1 unspecified atom stereocenters. The number of furan rings is 1. The van der Waals surface area contributed by atoms with Crippen molar-refractivity contribution in [1.29, 1.82) is 0 Å². The molecule has 8 heteroatoms. The normalized spacial score (nSPS) is 21.6. The fraction of sp³-hybridized carbons (Fsp3) is 0.464. The Kier molecular flexibility index (Phi) is 6.23.